The number of hydrogen-bond acceptors (Lipinski definition) is 5. The van der Waals surface area contributed by atoms with E-state index in [0.29, 0.717) is 11.1 Å². The number of rotatable bonds is 6. The van der Waals surface area contributed by atoms with Crippen LogP contribution in [0.25, 0.3) is 11.3 Å². The van der Waals surface area contributed by atoms with Gasteiger partial charge in [-0.1, -0.05) is 17.8 Å². The number of pyridine rings is 1. The first-order chi connectivity index (χ1) is 13.4. The topological polar surface area (TPSA) is 57.0 Å². The van der Waals surface area contributed by atoms with Crippen molar-refractivity contribution in [2.24, 2.45) is 0 Å². The highest BCUT2D eigenvalue weighted by Crippen LogP contribution is 2.25. The second kappa shape index (κ2) is 8.47. The molecule has 3 aromatic rings. The molecule has 0 atom stereocenters. The minimum Gasteiger partial charge on any atom is -0.494 e. The van der Waals surface area contributed by atoms with Crippen LogP contribution in [0, 0.1) is 5.82 Å². The van der Waals surface area contributed by atoms with Gasteiger partial charge in [-0.25, -0.2) is 23.1 Å². The normalized spacial score (nSPS) is 11.1. The summed E-state index contributed by atoms with van der Waals surface area (Å²) in [6.07, 6.45) is 0.459. The molecule has 0 unspecified atom stereocenters. The van der Waals surface area contributed by atoms with Gasteiger partial charge in [0.1, 0.15) is 5.69 Å². The Morgan fingerprint density at radius 1 is 1.18 bits per heavy atom. The number of aromatic nitrogens is 3. The Hall–Kier alpha value is -2.81. The lowest BCUT2D eigenvalue weighted by Crippen LogP contribution is -2.19. The quantitative estimate of drug-likeness (QED) is 0.454. The SMILES string of the molecule is COc1ccc(Cn2cc(-c3cc(C(F)F)nc(SC)n3)ccc2=O)cc1F. The van der Waals surface area contributed by atoms with Crippen molar-refractivity contribution in [3.8, 4) is 17.0 Å². The molecule has 0 saturated carbocycles. The second-order valence-electron chi connectivity index (χ2n) is 5.82. The fraction of sp³-hybridized carbons (Fsp3) is 0.211. The van der Waals surface area contributed by atoms with E-state index >= 15 is 0 Å². The highest BCUT2D eigenvalue weighted by atomic mass is 32.2. The van der Waals surface area contributed by atoms with Gasteiger partial charge in [-0.2, -0.15) is 0 Å². The van der Waals surface area contributed by atoms with Gasteiger partial charge in [-0.05, 0) is 36.1 Å². The molecule has 2 aromatic heterocycles. The van der Waals surface area contributed by atoms with Crippen molar-refractivity contribution in [2.75, 3.05) is 13.4 Å². The van der Waals surface area contributed by atoms with E-state index < -0.39 is 12.2 Å². The summed E-state index contributed by atoms with van der Waals surface area (Å²) in [6.45, 7) is 0.107. The smallest absolute Gasteiger partial charge is 0.280 e. The molecule has 146 valence electrons. The van der Waals surface area contributed by atoms with Crippen molar-refractivity contribution in [1.29, 1.82) is 0 Å². The fourth-order valence-electron chi connectivity index (χ4n) is 2.61. The first-order valence-corrected chi connectivity index (χ1v) is 9.38. The number of benzene rings is 1. The summed E-state index contributed by atoms with van der Waals surface area (Å²) in [7, 11) is 1.37. The Bertz CT molecular complexity index is 1060. The molecule has 5 nitrogen and oxygen atoms in total. The van der Waals surface area contributed by atoms with Gasteiger partial charge in [0.2, 0.25) is 0 Å². The summed E-state index contributed by atoms with van der Waals surface area (Å²) in [6, 6.07) is 8.42. The maximum atomic E-state index is 13.9. The summed E-state index contributed by atoms with van der Waals surface area (Å²) in [4.78, 5) is 20.2. The monoisotopic (exact) mass is 407 g/mol. The summed E-state index contributed by atoms with van der Waals surface area (Å²) >= 11 is 1.15. The first kappa shape index (κ1) is 19.9. The Balaban J connectivity index is 1.99. The highest BCUT2D eigenvalue weighted by Gasteiger charge is 2.14. The maximum absolute atomic E-state index is 13.9. The predicted molar refractivity (Wildman–Crippen MR) is 101 cm³/mol. The van der Waals surface area contributed by atoms with Crippen molar-refractivity contribution in [3.05, 3.63) is 70.0 Å². The zero-order valence-corrected chi connectivity index (χ0v) is 15.8. The van der Waals surface area contributed by atoms with Crippen molar-refractivity contribution in [1.82, 2.24) is 14.5 Å². The van der Waals surface area contributed by atoms with Crippen molar-refractivity contribution in [2.45, 2.75) is 18.1 Å². The molecule has 0 amide bonds. The number of methoxy groups -OCH3 is 1. The molecule has 0 aliphatic heterocycles. The maximum Gasteiger partial charge on any atom is 0.280 e. The van der Waals surface area contributed by atoms with E-state index in [9.17, 15) is 18.0 Å². The van der Waals surface area contributed by atoms with E-state index in [1.54, 1.807) is 12.3 Å². The zero-order chi connectivity index (χ0) is 20.3. The third-order valence-electron chi connectivity index (χ3n) is 3.98. The Morgan fingerprint density at radius 3 is 2.61 bits per heavy atom. The van der Waals surface area contributed by atoms with Crippen LogP contribution >= 0.6 is 11.8 Å². The number of halogens is 3. The van der Waals surface area contributed by atoms with Gasteiger partial charge in [0.05, 0.1) is 19.3 Å². The zero-order valence-electron chi connectivity index (χ0n) is 15.0. The van der Waals surface area contributed by atoms with E-state index in [1.807, 2.05) is 0 Å². The minimum atomic E-state index is -2.74. The van der Waals surface area contributed by atoms with E-state index in [-0.39, 0.29) is 34.4 Å². The van der Waals surface area contributed by atoms with Crippen molar-refractivity contribution < 1.29 is 17.9 Å². The van der Waals surface area contributed by atoms with Gasteiger partial charge in [0.15, 0.2) is 16.7 Å². The van der Waals surface area contributed by atoms with Crippen LogP contribution in [-0.2, 0) is 6.54 Å². The van der Waals surface area contributed by atoms with Crippen LogP contribution in [0.4, 0.5) is 13.2 Å². The number of ether oxygens (including phenoxy) is 1. The molecule has 28 heavy (non-hydrogen) atoms. The molecule has 3 rings (SSSR count). The van der Waals surface area contributed by atoms with Crippen LogP contribution in [0.1, 0.15) is 17.7 Å². The lowest BCUT2D eigenvalue weighted by molar-refractivity contribution is 0.145. The van der Waals surface area contributed by atoms with Gasteiger partial charge < -0.3 is 9.30 Å². The van der Waals surface area contributed by atoms with Gasteiger partial charge in [-0.3, -0.25) is 4.79 Å². The molecule has 0 bridgehead atoms. The standard InChI is InChI=1S/C19H16F3N3O2S/c1-27-16-5-3-11(7-13(16)20)9-25-10-12(4-6-17(25)26)14-8-15(18(21)22)24-19(23-14)28-2/h3-8,10,18H,9H2,1-2H3. The molecular formula is C19H16F3N3O2S. The highest BCUT2D eigenvalue weighted by molar-refractivity contribution is 7.98. The average Bonchev–Trinajstić information content (AvgIpc) is 2.69. The number of nitrogens with zero attached hydrogens (tertiary/aromatic N) is 3. The lowest BCUT2D eigenvalue weighted by atomic mass is 10.1. The van der Waals surface area contributed by atoms with Gasteiger partial charge in [0, 0.05) is 17.8 Å². The van der Waals surface area contributed by atoms with E-state index in [0.717, 1.165) is 11.8 Å². The van der Waals surface area contributed by atoms with Crippen LogP contribution in [0.5, 0.6) is 5.75 Å². The van der Waals surface area contributed by atoms with Crippen LogP contribution in [0.15, 0.2) is 52.5 Å². The second-order valence-corrected chi connectivity index (χ2v) is 6.59. The molecule has 2 heterocycles. The predicted octanol–water partition coefficient (Wildman–Crippen LogP) is 4.16. The molecule has 9 heteroatoms. The summed E-state index contributed by atoms with van der Waals surface area (Å²) in [5.41, 5.74) is 0.619. The molecule has 0 radical (unpaired) electrons. The van der Waals surface area contributed by atoms with Crippen LogP contribution in [-0.4, -0.2) is 27.9 Å². The molecule has 0 fully saturated rings. The molecule has 0 aliphatic rings. The van der Waals surface area contributed by atoms with E-state index in [4.69, 9.17) is 4.74 Å². The fourth-order valence-corrected chi connectivity index (χ4v) is 2.99. The average molecular weight is 407 g/mol. The van der Waals surface area contributed by atoms with E-state index in [2.05, 4.69) is 9.97 Å². The minimum absolute atomic E-state index is 0.106. The van der Waals surface area contributed by atoms with Gasteiger partial charge in [-0.15, -0.1) is 0 Å². The Labute approximate surface area is 163 Å². The summed E-state index contributed by atoms with van der Waals surface area (Å²) < 4.78 is 46.4. The van der Waals surface area contributed by atoms with E-state index in [1.165, 1.54) is 48.2 Å². The Morgan fingerprint density at radius 2 is 1.96 bits per heavy atom. The third-order valence-corrected chi connectivity index (χ3v) is 4.53. The van der Waals surface area contributed by atoms with Crippen molar-refractivity contribution >= 4 is 11.8 Å². The van der Waals surface area contributed by atoms with Crippen LogP contribution < -0.4 is 10.3 Å². The number of alkyl halides is 2. The van der Waals surface area contributed by atoms with Crippen LogP contribution in [0.3, 0.4) is 0 Å². The van der Waals surface area contributed by atoms with Crippen molar-refractivity contribution in [3.63, 3.8) is 0 Å². The van der Waals surface area contributed by atoms with Gasteiger partial charge >= 0.3 is 0 Å². The number of thioether (sulfide) groups is 1. The molecule has 0 saturated heterocycles. The van der Waals surface area contributed by atoms with Crippen LogP contribution in [0.2, 0.25) is 0 Å². The molecule has 0 spiro atoms. The molecule has 0 aliphatic carbocycles. The largest absolute Gasteiger partial charge is 0.494 e. The number of hydrogen-bond donors (Lipinski definition) is 0. The van der Waals surface area contributed by atoms with Gasteiger partial charge in [0.25, 0.3) is 12.0 Å². The summed E-state index contributed by atoms with van der Waals surface area (Å²) in [5, 5.41) is 0.211. The third kappa shape index (κ3) is 4.36. The Kier molecular flexibility index (Phi) is 6.03. The lowest BCUT2D eigenvalue weighted by Gasteiger charge is -2.11. The molecule has 1 aromatic carbocycles. The molecule has 0 N–H and O–H groups in total. The summed E-state index contributed by atoms with van der Waals surface area (Å²) in [5.74, 6) is -0.429. The first-order valence-electron chi connectivity index (χ1n) is 8.15. The molecular weight excluding hydrogens is 391 g/mol.